The minimum Gasteiger partial charge on any atom is -0.482 e. The summed E-state index contributed by atoms with van der Waals surface area (Å²) in [5.41, 5.74) is 0.364. The molecule has 1 saturated heterocycles. The molecule has 3 heterocycles. The van der Waals surface area contributed by atoms with Gasteiger partial charge in [0.1, 0.15) is 32.1 Å². The monoisotopic (exact) mass is 437 g/mol. The molecule has 0 saturated carbocycles. The van der Waals surface area contributed by atoms with Crippen LogP contribution in [-0.2, 0) is 20.9 Å². The van der Waals surface area contributed by atoms with Gasteiger partial charge in [0, 0.05) is 18.9 Å². The van der Waals surface area contributed by atoms with Crippen LogP contribution in [0.5, 0.6) is 5.75 Å². The van der Waals surface area contributed by atoms with Crippen molar-refractivity contribution in [3.8, 4) is 18.3 Å². The molecule has 0 bridgehead atoms. The standard InChI is InChI=1S/C23H23N3O6/c1-2-30-14-12-24-16-26(22(28)19-9-6-13-31-19)25-11-10-18(27)21(20(25)23(24)29)32-15-17-7-4-3-5-8-17/h1,3-5,7-8,10-11,19H,6,9,12-16H2. The van der Waals surface area contributed by atoms with Crippen molar-refractivity contribution in [2.75, 3.05) is 31.4 Å². The highest BCUT2D eigenvalue weighted by atomic mass is 16.5. The normalized spacial score (nSPS) is 17.6. The van der Waals surface area contributed by atoms with Crippen LogP contribution in [0.15, 0.2) is 47.4 Å². The number of rotatable bonds is 7. The highest BCUT2D eigenvalue weighted by Gasteiger charge is 2.38. The maximum atomic E-state index is 13.3. The first-order valence-corrected chi connectivity index (χ1v) is 10.3. The Morgan fingerprint density at radius 1 is 1.22 bits per heavy atom. The Bertz CT molecular complexity index is 1090. The smallest absolute Gasteiger partial charge is 0.278 e. The van der Waals surface area contributed by atoms with Gasteiger partial charge in [-0.3, -0.25) is 14.4 Å². The Hall–Kier alpha value is -3.77. The average molecular weight is 437 g/mol. The van der Waals surface area contributed by atoms with Gasteiger partial charge in [-0.2, -0.15) is 0 Å². The van der Waals surface area contributed by atoms with Gasteiger partial charge < -0.3 is 19.1 Å². The number of carbonyl (C=O) groups excluding carboxylic acids is 2. The number of aromatic nitrogens is 1. The Morgan fingerprint density at radius 3 is 2.75 bits per heavy atom. The fourth-order valence-corrected chi connectivity index (χ4v) is 3.72. The molecule has 0 radical (unpaired) electrons. The summed E-state index contributed by atoms with van der Waals surface area (Å²) >= 11 is 0. The third-order valence-corrected chi connectivity index (χ3v) is 5.32. The summed E-state index contributed by atoms with van der Waals surface area (Å²) in [4.78, 5) is 40.5. The zero-order valence-electron chi connectivity index (χ0n) is 17.4. The number of hydrogen-bond donors (Lipinski definition) is 0. The Balaban J connectivity index is 1.70. The summed E-state index contributed by atoms with van der Waals surface area (Å²) in [6.45, 7) is 0.798. The number of terminal acetylenes is 1. The molecule has 9 nitrogen and oxygen atoms in total. The summed E-state index contributed by atoms with van der Waals surface area (Å²) in [5, 5.41) is 1.39. The molecule has 2 aliphatic heterocycles. The van der Waals surface area contributed by atoms with Gasteiger partial charge in [-0.05, 0) is 18.4 Å². The lowest BCUT2D eigenvalue weighted by Gasteiger charge is -2.39. The van der Waals surface area contributed by atoms with Crippen molar-refractivity contribution in [1.82, 2.24) is 9.58 Å². The van der Waals surface area contributed by atoms with Crippen LogP contribution >= 0.6 is 0 Å². The molecule has 1 unspecified atom stereocenters. The van der Waals surface area contributed by atoms with Gasteiger partial charge >= 0.3 is 0 Å². The first-order valence-electron chi connectivity index (χ1n) is 10.3. The van der Waals surface area contributed by atoms with Crippen molar-refractivity contribution < 1.29 is 23.8 Å². The number of nitrogens with zero attached hydrogens (tertiary/aromatic N) is 3. The Labute approximate surface area is 185 Å². The molecule has 4 rings (SSSR count). The van der Waals surface area contributed by atoms with Crippen molar-refractivity contribution in [2.24, 2.45) is 0 Å². The minimum atomic E-state index is -0.604. The second-order valence-corrected chi connectivity index (χ2v) is 7.39. The van der Waals surface area contributed by atoms with E-state index < -0.39 is 17.4 Å². The average Bonchev–Trinajstić information content (AvgIpc) is 3.35. The van der Waals surface area contributed by atoms with Crippen LogP contribution in [0.25, 0.3) is 0 Å². The topological polar surface area (TPSA) is 90.3 Å². The number of fused-ring (bicyclic) bond motifs is 1. The lowest BCUT2D eigenvalue weighted by molar-refractivity contribution is -0.129. The predicted octanol–water partition coefficient (Wildman–Crippen LogP) is 1.09. The SMILES string of the molecule is C#COCCN1CN(C(=O)C2CCCO2)n2ccc(=O)c(OCc3ccccc3)c2C1=O. The fourth-order valence-electron chi connectivity index (χ4n) is 3.72. The van der Waals surface area contributed by atoms with Crippen molar-refractivity contribution in [2.45, 2.75) is 25.6 Å². The molecule has 0 N–H and O–H groups in total. The van der Waals surface area contributed by atoms with Crippen molar-refractivity contribution >= 4 is 11.8 Å². The van der Waals surface area contributed by atoms with Crippen molar-refractivity contribution in [1.29, 1.82) is 0 Å². The maximum absolute atomic E-state index is 13.3. The van der Waals surface area contributed by atoms with Crippen molar-refractivity contribution in [3.05, 3.63) is 64.1 Å². The molecule has 9 heteroatoms. The fraction of sp³-hybridized carbons (Fsp3) is 0.348. The third-order valence-electron chi connectivity index (χ3n) is 5.32. The zero-order valence-corrected chi connectivity index (χ0v) is 17.4. The largest absolute Gasteiger partial charge is 0.482 e. The van der Waals surface area contributed by atoms with Crippen LogP contribution in [0.2, 0.25) is 0 Å². The number of carbonyl (C=O) groups is 2. The molecule has 2 aliphatic rings. The van der Waals surface area contributed by atoms with Gasteiger partial charge in [0.05, 0.1) is 6.54 Å². The summed E-state index contributed by atoms with van der Waals surface area (Å²) < 4.78 is 17.7. The van der Waals surface area contributed by atoms with E-state index in [2.05, 4.69) is 6.11 Å². The molecule has 1 fully saturated rings. The van der Waals surface area contributed by atoms with E-state index in [1.807, 2.05) is 30.3 Å². The number of ether oxygens (including phenoxy) is 3. The van der Waals surface area contributed by atoms with E-state index in [0.717, 1.165) is 12.0 Å². The first kappa shape index (κ1) is 21.5. The van der Waals surface area contributed by atoms with E-state index in [1.165, 1.54) is 26.8 Å². The minimum absolute atomic E-state index is 0.0215. The molecule has 0 aliphatic carbocycles. The molecular weight excluding hydrogens is 414 g/mol. The van der Waals surface area contributed by atoms with Gasteiger partial charge in [0.25, 0.3) is 11.8 Å². The number of pyridine rings is 1. The predicted molar refractivity (Wildman–Crippen MR) is 114 cm³/mol. The van der Waals surface area contributed by atoms with Gasteiger partial charge in [-0.25, -0.2) is 9.69 Å². The summed E-state index contributed by atoms with van der Waals surface area (Å²) in [6.07, 6.45) is 9.37. The van der Waals surface area contributed by atoms with E-state index in [9.17, 15) is 14.4 Å². The summed E-state index contributed by atoms with van der Waals surface area (Å²) in [7, 11) is 0. The molecule has 0 spiro atoms. The van der Waals surface area contributed by atoms with Gasteiger partial charge in [0.15, 0.2) is 11.4 Å². The zero-order chi connectivity index (χ0) is 22.5. The lowest BCUT2D eigenvalue weighted by atomic mass is 10.2. The van der Waals surface area contributed by atoms with E-state index in [-0.39, 0.29) is 43.8 Å². The van der Waals surface area contributed by atoms with Crippen LogP contribution in [0.1, 0.15) is 28.9 Å². The first-order chi connectivity index (χ1) is 15.6. The molecule has 1 atom stereocenters. The van der Waals surface area contributed by atoms with Crippen LogP contribution in [0.4, 0.5) is 0 Å². The second-order valence-electron chi connectivity index (χ2n) is 7.39. The van der Waals surface area contributed by atoms with Gasteiger partial charge in [0.2, 0.25) is 5.43 Å². The number of amides is 2. The summed E-state index contributed by atoms with van der Waals surface area (Å²) in [5.74, 6) is -0.867. The molecule has 2 amide bonds. The number of benzene rings is 1. The van der Waals surface area contributed by atoms with Gasteiger partial charge in [-0.15, -0.1) is 0 Å². The maximum Gasteiger partial charge on any atom is 0.278 e. The molecule has 32 heavy (non-hydrogen) atoms. The van der Waals surface area contributed by atoms with Crippen LogP contribution in [-0.4, -0.2) is 53.9 Å². The second kappa shape index (κ2) is 9.58. The third kappa shape index (κ3) is 4.31. The van der Waals surface area contributed by atoms with Gasteiger partial charge in [-0.1, -0.05) is 36.8 Å². The molecular formula is C23H23N3O6. The van der Waals surface area contributed by atoms with Crippen LogP contribution in [0.3, 0.4) is 0 Å². The van der Waals surface area contributed by atoms with Crippen LogP contribution in [0, 0.1) is 12.5 Å². The van der Waals surface area contributed by atoms with E-state index >= 15 is 0 Å². The Kier molecular flexibility index (Phi) is 6.42. The lowest BCUT2D eigenvalue weighted by Crippen LogP contribution is -2.59. The molecule has 1 aromatic heterocycles. The summed E-state index contributed by atoms with van der Waals surface area (Å²) in [6, 6.07) is 10.6. The van der Waals surface area contributed by atoms with Crippen LogP contribution < -0.4 is 15.2 Å². The highest BCUT2D eigenvalue weighted by molar-refractivity contribution is 6.00. The van der Waals surface area contributed by atoms with E-state index in [1.54, 1.807) is 0 Å². The molecule has 1 aromatic carbocycles. The Morgan fingerprint density at radius 2 is 2.03 bits per heavy atom. The van der Waals surface area contributed by atoms with E-state index in [4.69, 9.17) is 20.6 Å². The molecule has 166 valence electrons. The number of hydrogen-bond acceptors (Lipinski definition) is 6. The molecule has 2 aromatic rings. The quantitative estimate of drug-likeness (QED) is 0.476. The van der Waals surface area contributed by atoms with Crippen molar-refractivity contribution in [3.63, 3.8) is 0 Å². The highest BCUT2D eigenvalue weighted by Crippen LogP contribution is 2.24. The van der Waals surface area contributed by atoms with E-state index in [0.29, 0.717) is 13.0 Å².